The molecule has 0 saturated heterocycles. The van der Waals surface area contributed by atoms with Crippen LogP contribution >= 0.6 is 0 Å². The molecule has 0 radical (unpaired) electrons. The van der Waals surface area contributed by atoms with E-state index in [1.807, 2.05) is 32.0 Å². The van der Waals surface area contributed by atoms with Gasteiger partial charge in [0.05, 0.1) is 12.7 Å². The van der Waals surface area contributed by atoms with Gasteiger partial charge in [-0.15, -0.1) is 0 Å². The Labute approximate surface area is 104 Å². The molecule has 17 heavy (non-hydrogen) atoms. The molecular weight excluding hydrogens is 214 g/mol. The van der Waals surface area contributed by atoms with E-state index in [1.54, 1.807) is 7.11 Å². The van der Waals surface area contributed by atoms with Crippen LogP contribution in [-0.4, -0.2) is 30.9 Å². The highest BCUT2D eigenvalue weighted by Crippen LogP contribution is 2.12. The van der Waals surface area contributed by atoms with E-state index in [4.69, 9.17) is 4.74 Å². The van der Waals surface area contributed by atoms with Gasteiger partial charge in [0.25, 0.3) is 0 Å². The predicted octanol–water partition coefficient (Wildman–Crippen LogP) is 1.99. The van der Waals surface area contributed by atoms with Crippen LogP contribution in [0.2, 0.25) is 0 Å². The van der Waals surface area contributed by atoms with Gasteiger partial charge in [0.15, 0.2) is 0 Å². The predicted molar refractivity (Wildman–Crippen MR) is 70.5 cm³/mol. The van der Waals surface area contributed by atoms with Crippen LogP contribution < -0.4 is 10.1 Å². The maximum atomic E-state index is 9.82. The Balaban J connectivity index is 2.31. The molecule has 0 aliphatic heterocycles. The number of benzene rings is 1. The Bertz CT molecular complexity index is 337. The molecular formula is C14H23NO2. The molecule has 0 aromatic heterocycles. The number of methoxy groups -OCH3 is 1. The van der Waals surface area contributed by atoms with Crippen LogP contribution in [0.25, 0.3) is 0 Å². The largest absolute Gasteiger partial charge is 0.497 e. The average molecular weight is 237 g/mol. The van der Waals surface area contributed by atoms with Gasteiger partial charge in [-0.25, -0.2) is 0 Å². The van der Waals surface area contributed by atoms with E-state index in [0.29, 0.717) is 6.54 Å². The lowest BCUT2D eigenvalue weighted by molar-refractivity contribution is 0.0561. The van der Waals surface area contributed by atoms with Gasteiger partial charge < -0.3 is 15.2 Å². The average Bonchev–Trinajstić information content (AvgIpc) is 2.35. The lowest BCUT2D eigenvalue weighted by Gasteiger charge is -2.21. The van der Waals surface area contributed by atoms with Crippen molar-refractivity contribution in [2.45, 2.75) is 32.3 Å². The van der Waals surface area contributed by atoms with Crippen molar-refractivity contribution in [2.24, 2.45) is 0 Å². The molecule has 0 amide bonds. The van der Waals surface area contributed by atoms with Crippen molar-refractivity contribution < 1.29 is 9.84 Å². The maximum Gasteiger partial charge on any atom is 0.119 e. The summed E-state index contributed by atoms with van der Waals surface area (Å²) in [6.45, 7) is 5.34. The topological polar surface area (TPSA) is 41.5 Å². The molecule has 0 aliphatic carbocycles. The van der Waals surface area contributed by atoms with Crippen LogP contribution in [0.1, 0.15) is 25.8 Å². The molecule has 3 heteroatoms. The Kier molecular flexibility index (Phi) is 5.45. The van der Waals surface area contributed by atoms with Crippen molar-refractivity contribution in [3.8, 4) is 5.75 Å². The van der Waals surface area contributed by atoms with Gasteiger partial charge in [-0.2, -0.15) is 0 Å². The van der Waals surface area contributed by atoms with Gasteiger partial charge in [0.1, 0.15) is 5.75 Å². The van der Waals surface area contributed by atoms with Crippen LogP contribution in [0.15, 0.2) is 24.3 Å². The fourth-order valence-corrected chi connectivity index (χ4v) is 1.54. The van der Waals surface area contributed by atoms with Crippen LogP contribution in [0.3, 0.4) is 0 Å². The van der Waals surface area contributed by atoms with E-state index in [9.17, 15) is 5.11 Å². The molecule has 1 atom stereocenters. The van der Waals surface area contributed by atoms with E-state index < -0.39 is 5.60 Å². The molecule has 1 rings (SSSR count). The van der Waals surface area contributed by atoms with E-state index in [1.165, 1.54) is 5.56 Å². The van der Waals surface area contributed by atoms with Crippen molar-refractivity contribution in [3.05, 3.63) is 29.8 Å². The monoisotopic (exact) mass is 237 g/mol. The number of rotatable bonds is 7. The molecule has 1 unspecified atom stereocenters. The smallest absolute Gasteiger partial charge is 0.119 e. The Morgan fingerprint density at radius 1 is 1.41 bits per heavy atom. The Morgan fingerprint density at radius 2 is 2.18 bits per heavy atom. The Hall–Kier alpha value is -1.06. The van der Waals surface area contributed by atoms with Crippen LogP contribution in [0.5, 0.6) is 5.75 Å². The second kappa shape index (κ2) is 6.62. The minimum Gasteiger partial charge on any atom is -0.497 e. The maximum absolute atomic E-state index is 9.82. The van der Waals surface area contributed by atoms with Gasteiger partial charge in [0, 0.05) is 6.54 Å². The SMILES string of the molecule is CCC(C)(O)CNCCc1cccc(OC)c1. The highest BCUT2D eigenvalue weighted by molar-refractivity contribution is 5.28. The summed E-state index contributed by atoms with van der Waals surface area (Å²) in [7, 11) is 1.68. The second-order valence-corrected chi connectivity index (χ2v) is 4.63. The van der Waals surface area contributed by atoms with Gasteiger partial charge in [-0.05, 0) is 44.0 Å². The molecule has 1 aromatic rings. The minimum atomic E-state index is -0.603. The first-order valence-corrected chi connectivity index (χ1v) is 6.13. The summed E-state index contributed by atoms with van der Waals surface area (Å²) in [5.41, 5.74) is 0.641. The standard InChI is InChI=1S/C14H23NO2/c1-4-14(2,16)11-15-9-8-12-6-5-7-13(10-12)17-3/h5-7,10,15-16H,4,8-9,11H2,1-3H3. The van der Waals surface area contributed by atoms with Gasteiger partial charge in [0.2, 0.25) is 0 Å². The zero-order valence-electron chi connectivity index (χ0n) is 11.0. The molecule has 0 heterocycles. The van der Waals surface area contributed by atoms with Crippen molar-refractivity contribution in [1.82, 2.24) is 5.32 Å². The zero-order valence-corrected chi connectivity index (χ0v) is 11.0. The number of ether oxygens (including phenoxy) is 1. The fraction of sp³-hybridized carbons (Fsp3) is 0.571. The summed E-state index contributed by atoms with van der Waals surface area (Å²) in [6, 6.07) is 8.07. The summed E-state index contributed by atoms with van der Waals surface area (Å²) in [6.07, 6.45) is 1.70. The number of aliphatic hydroxyl groups is 1. The van der Waals surface area contributed by atoms with E-state index in [0.717, 1.165) is 25.1 Å². The van der Waals surface area contributed by atoms with Gasteiger partial charge >= 0.3 is 0 Å². The summed E-state index contributed by atoms with van der Waals surface area (Å²) in [5.74, 6) is 0.892. The second-order valence-electron chi connectivity index (χ2n) is 4.63. The number of hydrogen-bond donors (Lipinski definition) is 2. The normalized spacial score (nSPS) is 14.4. The summed E-state index contributed by atoms with van der Waals surface area (Å²) < 4.78 is 5.17. The minimum absolute atomic E-state index is 0.603. The molecule has 0 saturated carbocycles. The molecule has 1 aromatic carbocycles. The number of hydrogen-bond acceptors (Lipinski definition) is 3. The van der Waals surface area contributed by atoms with Crippen molar-refractivity contribution in [1.29, 1.82) is 0 Å². The van der Waals surface area contributed by atoms with E-state index >= 15 is 0 Å². The molecule has 0 bridgehead atoms. The van der Waals surface area contributed by atoms with Crippen molar-refractivity contribution in [2.75, 3.05) is 20.2 Å². The zero-order chi connectivity index (χ0) is 12.7. The molecule has 96 valence electrons. The lowest BCUT2D eigenvalue weighted by atomic mass is 10.0. The Morgan fingerprint density at radius 3 is 2.82 bits per heavy atom. The quantitative estimate of drug-likeness (QED) is 0.713. The third-order valence-corrected chi connectivity index (χ3v) is 2.99. The van der Waals surface area contributed by atoms with Crippen LogP contribution in [0.4, 0.5) is 0 Å². The molecule has 0 aliphatic rings. The summed E-state index contributed by atoms with van der Waals surface area (Å²) >= 11 is 0. The third-order valence-electron chi connectivity index (χ3n) is 2.99. The van der Waals surface area contributed by atoms with Crippen LogP contribution in [-0.2, 0) is 6.42 Å². The molecule has 0 fully saturated rings. The lowest BCUT2D eigenvalue weighted by Crippen LogP contribution is -2.37. The summed E-state index contributed by atoms with van der Waals surface area (Å²) in [5, 5.41) is 13.1. The van der Waals surface area contributed by atoms with Crippen LogP contribution in [0, 0.1) is 0 Å². The number of nitrogens with one attached hydrogen (secondary N) is 1. The van der Waals surface area contributed by atoms with Crippen molar-refractivity contribution in [3.63, 3.8) is 0 Å². The highest BCUT2D eigenvalue weighted by atomic mass is 16.5. The van der Waals surface area contributed by atoms with Gasteiger partial charge in [-0.1, -0.05) is 19.1 Å². The molecule has 2 N–H and O–H groups in total. The molecule has 3 nitrogen and oxygen atoms in total. The van der Waals surface area contributed by atoms with E-state index in [2.05, 4.69) is 11.4 Å². The first-order chi connectivity index (χ1) is 8.07. The van der Waals surface area contributed by atoms with Gasteiger partial charge in [-0.3, -0.25) is 0 Å². The summed E-state index contributed by atoms with van der Waals surface area (Å²) in [4.78, 5) is 0. The third kappa shape index (κ3) is 5.20. The molecule has 0 spiro atoms. The van der Waals surface area contributed by atoms with E-state index in [-0.39, 0.29) is 0 Å². The highest BCUT2D eigenvalue weighted by Gasteiger charge is 2.15. The fourth-order valence-electron chi connectivity index (χ4n) is 1.54. The first-order valence-electron chi connectivity index (χ1n) is 6.13. The first kappa shape index (κ1) is 14.0. The van der Waals surface area contributed by atoms with Crippen molar-refractivity contribution >= 4 is 0 Å².